The topological polar surface area (TPSA) is 245 Å². The number of amides is 1. The van der Waals surface area contributed by atoms with Crippen molar-refractivity contribution in [2.45, 2.75) is 44.3 Å². The minimum absolute atomic E-state index is 0.00999. The van der Waals surface area contributed by atoms with Crippen LogP contribution in [0, 0.1) is 0 Å². The molecule has 44 heavy (non-hydrogen) atoms. The second-order valence-corrected chi connectivity index (χ2v) is 12.2. The van der Waals surface area contributed by atoms with Crippen LogP contribution < -0.4 is 5.32 Å². The van der Waals surface area contributed by atoms with Crippen molar-refractivity contribution in [2.24, 2.45) is 0 Å². The number of nitrogens with zero attached hydrogens (tertiary/aromatic N) is 2. The van der Waals surface area contributed by atoms with Crippen molar-refractivity contribution < 1.29 is 59.1 Å². The Morgan fingerprint density at radius 2 is 1.20 bits per heavy atom. The number of hydrogen-bond acceptors (Lipinski definition) is 11. The average Bonchev–Trinajstić information content (AvgIpc) is 2.94. The standard InChI is InChI=1S/C27H35N3O12P2/c31-21-5-1-17(3-7-23(33)28-27(43-40)44(41)42)11-19(21)13-29(15-25(36)37)9-10-30(16-26(38)39)14-20-12-18(2-6-22(20)32)4-8-24(34)35/h1-2,5-6,11-12,27,31-32,41-42H,3-4,7-10,13-16H2,(H,28,33)(H,34,35)(H,36,37)(H,38,39). The summed E-state index contributed by atoms with van der Waals surface area (Å²) in [5.74, 6) is -4.11. The minimum Gasteiger partial charge on any atom is -0.508 e. The van der Waals surface area contributed by atoms with Crippen LogP contribution in [-0.4, -0.2) is 101 Å². The highest BCUT2D eigenvalue weighted by atomic mass is 31.2. The number of aromatic hydroxyl groups is 2. The Labute approximate surface area is 255 Å². The Hall–Kier alpha value is -3.71. The number of carboxylic acid groups (broad SMARTS) is 3. The van der Waals surface area contributed by atoms with E-state index >= 15 is 0 Å². The van der Waals surface area contributed by atoms with Crippen molar-refractivity contribution in [1.82, 2.24) is 15.1 Å². The van der Waals surface area contributed by atoms with E-state index in [4.69, 9.17) is 5.11 Å². The van der Waals surface area contributed by atoms with Gasteiger partial charge in [-0.05, 0) is 36.1 Å². The molecule has 1 amide bonds. The van der Waals surface area contributed by atoms with Crippen LogP contribution in [0.2, 0.25) is 0 Å². The number of carbonyl (C=O) groups is 4. The third-order valence-corrected chi connectivity index (χ3v) is 8.20. The first-order valence-electron chi connectivity index (χ1n) is 13.3. The Kier molecular flexibility index (Phi) is 15.1. The quantitative estimate of drug-likeness (QED) is 0.0943. The van der Waals surface area contributed by atoms with Crippen molar-refractivity contribution in [1.29, 1.82) is 0 Å². The summed E-state index contributed by atoms with van der Waals surface area (Å²) in [5.41, 5.74) is 0.669. The van der Waals surface area contributed by atoms with E-state index in [0.717, 1.165) is 0 Å². The van der Waals surface area contributed by atoms with Crippen LogP contribution in [-0.2, 0) is 49.7 Å². The van der Waals surface area contributed by atoms with Gasteiger partial charge in [0.2, 0.25) is 14.3 Å². The first-order valence-corrected chi connectivity index (χ1v) is 15.5. The van der Waals surface area contributed by atoms with E-state index in [1.54, 1.807) is 24.3 Å². The maximum absolute atomic E-state index is 12.1. The van der Waals surface area contributed by atoms with Crippen molar-refractivity contribution in [2.75, 3.05) is 26.2 Å². The summed E-state index contributed by atoms with van der Waals surface area (Å²) in [6.45, 7) is -0.785. The average molecular weight is 656 g/mol. The lowest BCUT2D eigenvalue weighted by molar-refractivity contribution is -0.140. The maximum atomic E-state index is 12.1. The number of aliphatic carboxylic acids is 3. The molecule has 15 nitrogen and oxygen atoms in total. The Bertz CT molecular complexity index is 1330. The van der Waals surface area contributed by atoms with Crippen LogP contribution in [0.15, 0.2) is 36.4 Å². The molecule has 1 atom stereocenters. The van der Waals surface area contributed by atoms with Gasteiger partial charge in [-0.3, -0.25) is 33.5 Å². The van der Waals surface area contributed by atoms with E-state index in [-0.39, 0.29) is 63.4 Å². The van der Waals surface area contributed by atoms with Gasteiger partial charge in [-0.25, -0.2) is 0 Å². The molecule has 0 aliphatic heterocycles. The van der Waals surface area contributed by atoms with Crippen molar-refractivity contribution in [3.8, 4) is 11.5 Å². The molecule has 0 spiro atoms. The molecule has 17 heteroatoms. The lowest BCUT2D eigenvalue weighted by atomic mass is 10.0. The molecule has 0 aromatic heterocycles. The first-order chi connectivity index (χ1) is 20.8. The first kappa shape index (κ1) is 36.5. The molecule has 0 heterocycles. The Morgan fingerprint density at radius 1 is 0.750 bits per heavy atom. The van der Waals surface area contributed by atoms with E-state index < -0.39 is 59.3 Å². The lowest BCUT2D eigenvalue weighted by Gasteiger charge is -2.26. The highest BCUT2D eigenvalue weighted by Crippen LogP contribution is 2.35. The van der Waals surface area contributed by atoms with Gasteiger partial charge in [0.05, 0.1) is 13.1 Å². The molecular weight excluding hydrogens is 620 g/mol. The van der Waals surface area contributed by atoms with E-state index in [0.29, 0.717) is 22.3 Å². The minimum atomic E-state index is -2.64. The van der Waals surface area contributed by atoms with Gasteiger partial charge in [-0.15, -0.1) is 0 Å². The van der Waals surface area contributed by atoms with E-state index in [1.165, 1.54) is 21.9 Å². The SMILES string of the molecule is O=PC(NC(=O)CCc1ccc(O)c(CN(CCN(CC(=O)O)Cc2cc(CCC(=O)O)ccc2O)CC(=O)O)c1)P(O)O. The van der Waals surface area contributed by atoms with Crippen molar-refractivity contribution in [3.05, 3.63) is 58.7 Å². The highest BCUT2D eigenvalue weighted by molar-refractivity contribution is 7.57. The van der Waals surface area contributed by atoms with Gasteiger partial charge in [0.15, 0.2) is 14.0 Å². The molecular formula is C27H35N3O12P2. The molecule has 0 bridgehead atoms. The fourth-order valence-corrected chi connectivity index (χ4v) is 5.06. The third-order valence-electron chi connectivity index (χ3n) is 6.40. The van der Waals surface area contributed by atoms with Gasteiger partial charge in [-0.1, -0.05) is 24.3 Å². The van der Waals surface area contributed by atoms with Crippen LogP contribution >= 0.6 is 16.8 Å². The molecule has 2 aromatic rings. The van der Waals surface area contributed by atoms with E-state index in [1.807, 2.05) is 0 Å². The number of phenolic OH excluding ortho intramolecular Hbond substituents is 2. The van der Waals surface area contributed by atoms with Crippen molar-refractivity contribution in [3.63, 3.8) is 0 Å². The van der Waals surface area contributed by atoms with Crippen LogP contribution in [0.3, 0.4) is 0 Å². The molecule has 8 N–H and O–H groups in total. The highest BCUT2D eigenvalue weighted by Gasteiger charge is 2.21. The lowest BCUT2D eigenvalue weighted by Crippen LogP contribution is -2.39. The summed E-state index contributed by atoms with van der Waals surface area (Å²) in [5, 5.41) is 50.9. The summed E-state index contributed by atoms with van der Waals surface area (Å²) < 4.78 is 11.0. The Morgan fingerprint density at radius 3 is 1.59 bits per heavy atom. The molecule has 2 rings (SSSR count). The Balaban J connectivity index is 2.14. The number of nitrogens with one attached hydrogen (secondary N) is 1. The predicted molar refractivity (Wildman–Crippen MR) is 157 cm³/mol. The largest absolute Gasteiger partial charge is 0.508 e. The molecule has 0 saturated carbocycles. The fraction of sp³-hybridized carbons (Fsp3) is 0.407. The number of aryl methyl sites for hydroxylation is 2. The van der Waals surface area contributed by atoms with Gasteiger partial charge in [-0.2, -0.15) is 0 Å². The maximum Gasteiger partial charge on any atom is 0.317 e. The zero-order valence-electron chi connectivity index (χ0n) is 23.6. The van der Waals surface area contributed by atoms with Crippen LogP contribution in [0.4, 0.5) is 0 Å². The number of carboxylic acids is 3. The fourth-order valence-electron chi connectivity index (χ4n) is 4.27. The summed E-state index contributed by atoms with van der Waals surface area (Å²) >= 11 is 0. The molecule has 0 aliphatic rings. The molecule has 0 fully saturated rings. The van der Waals surface area contributed by atoms with Gasteiger partial charge >= 0.3 is 17.9 Å². The van der Waals surface area contributed by atoms with Crippen LogP contribution in [0.5, 0.6) is 11.5 Å². The summed E-state index contributed by atoms with van der Waals surface area (Å²) in [6, 6.07) is 9.11. The van der Waals surface area contributed by atoms with Gasteiger partial charge in [0.25, 0.3) is 0 Å². The normalized spacial score (nSPS) is 12.1. The number of hydrogen-bond donors (Lipinski definition) is 8. The summed E-state index contributed by atoms with van der Waals surface area (Å²) in [6.07, 6.45) is 0.183. The third kappa shape index (κ3) is 13.3. The zero-order chi connectivity index (χ0) is 32.8. The summed E-state index contributed by atoms with van der Waals surface area (Å²) in [7, 11) is -3.28. The molecule has 0 saturated heterocycles. The molecule has 0 aliphatic carbocycles. The van der Waals surface area contributed by atoms with E-state index in [2.05, 4.69) is 5.32 Å². The number of rotatable bonds is 20. The number of carbonyl (C=O) groups excluding carboxylic acids is 1. The molecule has 240 valence electrons. The van der Waals surface area contributed by atoms with Gasteiger partial charge < -0.3 is 40.6 Å². The van der Waals surface area contributed by atoms with E-state index in [9.17, 15) is 54.0 Å². The predicted octanol–water partition coefficient (Wildman–Crippen LogP) is 1.51. The molecule has 2 aromatic carbocycles. The molecule has 1 unspecified atom stereocenters. The zero-order valence-corrected chi connectivity index (χ0v) is 25.4. The smallest absolute Gasteiger partial charge is 0.317 e. The van der Waals surface area contributed by atoms with Gasteiger partial charge in [0.1, 0.15) is 11.5 Å². The van der Waals surface area contributed by atoms with Crippen LogP contribution in [0.25, 0.3) is 0 Å². The van der Waals surface area contributed by atoms with Gasteiger partial charge in [0, 0.05) is 50.1 Å². The second-order valence-electron chi connectivity index (χ2n) is 9.90. The summed E-state index contributed by atoms with van der Waals surface area (Å²) in [4.78, 5) is 67.5. The van der Waals surface area contributed by atoms with Crippen molar-refractivity contribution >= 4 is 40.7 Å². The number of phenols is 2. The number of benzene rings is 2. The monoisotopic (exact) mass is 655 g/mol. The molecule has 0 radical (unpaired) electrons. The second kappa shape index (κ2) is 18.2. The van der Waals surface area contributed by atoms with Crippen LogP contribution in [0.1, 0.15) is 35.1 Å².